The lowest BCUT2D eigenvalue weighted by Crippen LogP contribution is -2.26. The minimum absolute atomic E-state index is 0.562. The van der Waals surface area contributed by atoms with Crippen LogP contribution in [-0.2, 0) is 0 Å². The maximum Gasteiger partial charge on any atom is 0.0445 e. The highest BCUT2D eigenvalue weighted by molar-refractivity contribution is 6.76. The minimum atomic E-state index is -1.10. The zero-order chi connectivity index (χ0) is 30.3. The Morgan fingerprint density at radius 1 is 0.487 bits per heavy atom. The van der Waals surface area contributed by atoms with E-state index in [0.717, 1.165) is 23.7 Å². The van der Waals surface area contributed by atoms with Crippen molar-refractivity contribution in [2.75, 3.05) is 0 Å². The molecule has 0 saturated heterocycles. The van der Waals surface area contributed by atoms with Crippen molar-refractivity contribution in [3.05, 3.63) is 36.5 Å². The van der Waals surface area contributed by atoms with E-state index in [2.05, 4.69) is 130 Å². The first-order valence-corrected chi connectivity index (χ1v) is 27.9. The van der Waals surface area contributed by atoms with E-state index in [1.807, 2.05) is 0 Å². The third-order valence-corrected chi connectivity index (χ3v) is 13.5. The molecule has 230 valence electrons. The summed E-state index contributed by atoms with van der Waals surface area (Å²) in [6.07, 6.45) is 24.9. The van der Waals surface area contributed by atoms with Crippen molar-refractivity contribution in [2.45, 2.75) is 157 Å². The van der Waals surface area contributed by atoms with Gasteiger partial charge in [-0.05, 0) is 54.8 Å². The number of allylic oxidation sites excluding steroid dienone is 6. The number of hydrogen-bond acceptors (Lipinski definition) is 0. The summed E-state index contributed by atoms with van der Waals surface area (Å²) < 4.78 is 0. The van der Waals surface area contributed by atoms with Crippen LogP contribution in [0.5, 0.6) is 0 Å². The van der Waals surface area contributed by atoms with Gasteiger partial charge in [-0.2, -0.15) is 0 Å². The smallest absolute Gasteiger partial charge is 0.0445 e. The highest BCUT2D eigenvalue weighted by Gasteiger charge is 2.24. The average molecular weight is 591 g/mol. The van der Waals surface area contributed by atoms with Gasteiger partial charge in [-0.1, -0.05) is 174 Å². The van der Waals surface area contributed by atoms with Crippen molar-refractivity contribution < 1.29 is 0 Å². The molecule has 0 fully saturated rings. The van der Waals surface area contributed by atoms with E-state index in [1.165, 1.54) is 63.1 Å². The Morgan fingerprint density at radius 2 is 0.923 bits per heavy atom. The fraction of sp³-hybridized carbons (Fsp3) is 0.833. The lowest BCUT2D eigenvalue weighted by atomic mass is 9.89. The lowest BCUT2D eigenvalue weighted by Gasteiger charge is -2.28. The molecular formula is C36H74Si3. The average Bonchev–Trinajstić information content (AvgIpc) is 2.72. The van der Waals surface area contributed by atoms with Gasteiger partial charge in [0.15, 0.2) is 0 Å². The van der Waals surface area contributed by atoms with E-state index in [4.69, 9.17) is 0 Å². The predicted octanol–water partition coefficient (Wildman–Crippen LogP) is 13.2. The number of rotatable bonds is 21. The Balaban J connectivity index is 5.54. The molecule has 39 heavy (non-hydrogen) atoms. The van der Waals surface area contributed by atoms with E-state index in [-0.39, 0.29) is 0 Å². The summed E-state index contributed by atoms with van der Waals surface area (Å²) in [7, 11) is -3.19. The van der Waals surface area contributed by atoms with Crippen LogP contribution in [0.25, 0.3) is 0 Å². The number of unbranched alkanes of at least 4 members (excludes halogenated alkanes) is 4. The molecule has 0 aromatic carbocycles. The molecule has 0 radical (unpaired) electrons. The Labute approximate surface area is 252 Å². The standard InChI is InChI=1S/C36H74Si3/c1-31(2)22-19-17-15-16-18-20-24-35(33(4)29-38(9,10)11)26-27-36(34(5)30-39(12,13)14)25-21-23-32(3)28-37(6,7)8/h20-21,24-27,31-36H,15-19,22-23,28-30H2,1-14H3/b24-20+,25-21+,27-26+. The monoisotopic (exact) mass is 591 g/mol. The highest BCUT2D eigenvalue weighted by atomic mass is 28.3. The van der Waals surface area contributed by atoms with Crippen LogP contribution in [0.1, 0.15) is 79.6 Å². The van der Waals surface area contributed by atoms with Crippen LogP contribution in [0.3, 0.4) is 0 Å². The fourth-order valence-electron chi connectivity index (χ4n) is 6.37. The van der Waals surface area contributed by atoms with Gasteiger partial charge in [0.2, 0.25) is 0 Å². The SMILES string of the molecule is CC(C)CCCCCC/C=C/C(/C=C/C(/C=C/CC(C)C[Si](C)(C)C)C(C)C[Si](C)(C)C)C(C)C[Si](C)(C)C. The lowest BCUT2D eigenvalue weighted by molar-refractivity contribution is 0.514. The van der Waals surface area contributed by atoms with Crippen molar-refractivity contribution >= 4 is 24.2 Å². The first-order valence-electron chi connectivity index (χ1n) is 16.8. The molecule has 0 aliphatic carbocycles. The summed E-state index contributed by atoms with van der Waals surface area (Å²) in [6, 6.07) is 4.24. The normalized spacial score (nSPS) is 17.9. The van der Waals surface area contributed by atoms with Gasteiger partial charge in [0.25, 0.3) is 0 Å². The second-order valence-corrected chi connectivity index (χ2v) is 34.0. The van der Waals surface area contributed by atoms with Crippen LogP contribution in [-0.4, -0.2) is 24.2 Å². The third-order valence-electron chi connectivity index (χ3n) is 7.86. The van der Waals surface area contributed by atoms with Crippen LogP contribution < -0.4 is 0 Å². The summed E-state index contributed by atoms with van der Waals surface area (Å²) in [6.45, 7) is 34.9. The second-order valence-electron chi connectivity index (χ2n) is 17.4. The molecule has 5 atom stereocenters. The second kappa shape index (κ2) is 19.1. The van der Waals surface area contributed by atoms with E-state index in [1.54, 1.807) is 0 Å². The molecule has 0 heterocycles. The van der Waals surface area contributed by atoms with Gasteiger partial charge in [-0.15, -0.1) is 0 Å². The Bertz CT molecular complexity index is 696. The van der Waals surface area contributed by atoms with Gasteiger partial charge >= 0.3 is 0 Å². The van der Waals surface area contributed by atoms with E-state index in [9.17, 15) is 0 Å². The summed E-state index contributed by atoms with van der Waals surface area (Å²) >= 11 is 0. The minimum Gasteiger partial charge on any atom is -0.0879 e. The summed E-state index contributed by atoms with van der Waals surface area (Å²) in [5.74, 6) is 4.24. The van der Waals surface area contributed by atoms with Crippen LogP contribution in [0.4, 0.5) is 0 Å². The van der Waals surface area contributed by atoms with Crippen molar-refractivity contribution in [2.24, 2.45) is 35.5 Å². The van der Waals surface area contributed by atoms with Crippen LogP contribution in [0, 0.1) is 35.5 Å². The maximum atomic E-state index is 2.62. The molecule has 0 N–H and O–H groups in total. The summed E-state index contributed by atoms with van der Waals surface area (Å²) in [5.41, 5.74) is 0. The molecule has 0 aliphatic rings. The Hall–Kier alpha value is -0.129. The molecule has 3 heteroatoms. The molecule has 0 saturated carbocycles. The number of hydrogen-bond donors (Lipinski definition) is 0. The molecule has 0 amide bonds. The Kier molecular flexibility index (Phi) is 19.1. The van der Waals surface area contributed by atoms with Crippen molar-refractivity contribution in [3.8, 4) is 0 Å². The van der Waals surface area contributed by atoms with Crippen LogP contribution in [0.2, 0.25) is 77.1 Å². The Morgan fingerprint density at radius 3 is 1.36 bits per heavy atom. The van der Waals surface area contributed by atoms with Crippen LogP contribution in [0.15, 0.2) is 36.5 Å². The topological polar surface area (TPSA) is 0 Å². The highest BCUT2D eigenvalue weighted by Crippen LogP contribution is 2.30. The molecule has 0 nitrogen and oxygen atoms in total. The molecule has 0 bridgehead atoms. The van der Waals surface area contributed by atoms with Gasteiger partial charge in [-0.25, -0.2) is 0 Å². The first-order chi connectivity index (χ1) is 17.8. The van der Waals surface area contributed by atoms with Gasteiger partial charge in [-0.3, -0.25) is 0 Å². The maximum absolute atomic E-state index is 2.62. The van der Waals surface area contributed by atoms with Gasteiger partial charge in [0, 0.05) is 24.2 Å². The summed E-state index contributed by atoms with van der Waals surface area (Å²) in [5, 5.41) is 0. The third kappa shape index (κ3) is 24.2. The van der Waals surface area contributed by atoms with Crippen molar-refractivity contribution in [3.63, 3.8) is 0 Å². The largest absolute Gasteiger partial charge is 0.0879 e. The van der Waals surface area contributed by atoms with Gasteiger partial charge in [0.05, 0.1) is 0 Å². The van der Waals surface area contributed by atoms with E-state index >= 15 is 0 Å². The van der Waals surface area contributed by atoms with Gasteiger partial charge in [0.1, 0.15) is 0 Å². The summed E-state index contributed by atoms with van der Waals surface area (Å²) in [4.78, 5) is 0. The zero-order valence-corrected chi connectivity index (χ0v) is 32.5. The molecule has 5 unspecified atom stereocenters. The van der Waals surface area contributed by atoms with Crippen molar-refractivity contribution in [1.82, 2.24) is 0 Å². The molecule has 0 aromatic rings. The van der Waals surface area contributed by atoms with E-state index in [0.29, 0.717) is 11.8 Å². The quantitative estimate of drug-likeness (QED) is 0.0708. The molecule has 0 rings (SSSR count). The molecule has 0 spiro atoms. The molecule has 0 aliphatic heterocycles. The van der Waals surface area contributed by atoms with Crippen molar-refractivity contribution in [1.29, 1.82) is 0 Å². The first kappa shape index (κ1) is 38.9. The van der Waals surface area contributed by atoms with Crippen LogP contribution >= 0.6 is 0 Å². The van der Waals surface area contributed by atoms with E-state index < -0.39 is 24.2 Å². The molecule has 0 aromatic heterocycles. The predicted molar refractivity (Wildman–Crippen MR) is 194 cm³/mol. The molecular weight excluding hydrogens is 517 g/mol. The van der Waals surface area contributed by atoms with Gasteiger partial charge < -0.3 is 0 Å². The zero-order valence-electron chi connectivity index (χ0n) is 29.5. The fourth-order valence-corrected chi connectivity index (χ4v) is 13.0.